The van der Waals surface area contributed by atoms with Gasteiger partial charge in [-0.15, -0.1) is 0 Å². The molecule has 0 aromatic carbocycles. The lowest BCUT2D eigenvalue weighted by atomic mass is 10.0. The topological polar surface area (TPSA) is 9.23 Å². The van der Waals surface area contributed by atoms with Crippen LogP contribution in [0, 0.1) is 17.8 Å². The number of allylic oxidation sites excluding steroid dienone is 4. The van der Waals surface area contributed by atoms with Gasteiger partial charge in [0.2, 0.25) is 0 Å². The Labute approximate surface area is 170 Å². The van der Waals surface area contributed by atoms with Crippen molar-refractivity contribution in [3.63, 3.8) is 0 Å². The van der Waals surface area contributed by atoms with Gasteiger partial charge in [-0.2, -0.15) is 0 Å². The fraction of sp³-hybridized carbons (Fsp3) is 0.840. The minimum absolute atomic E-state index is 0.485. The van der Waals surface area contributed by atoms with Gasteiger partial charge in [-0.05, 0) is 66.1 Å². The standard InChI is InChI=1S/C25H48OS/c1-8-10-11-16-27(7)17-13-23(14-18-27)25(27)22(6)19-24(20(3)4)26-15-12-21(5)9-2/h19-22,27H,8-18H2,1-7H3. The van der Waals surface area contributed by atoms with Gasteiger partial charge in [0.25, 0.3) is 0 Å². The number of fused-ring (bicyclic) bond motifs is 1. The molecule has 0 amide bonds. The molecule has 0 N–H and O–H groups in total. The van der Waals surface area contributed by atoms with E-state index in [0.29, 0.717) is 11.8 Å². The van der Waals surface area contributed by atoms with E-state index < -0.39 is 9.16 Å². The molecule has 2 heterocycles. The first-order chi connectivity index (χ1) is 12.7. The molecule has 1 nitrogen and oxygen atoms in total. The summed E-state index contributed by atoms with van der Waals surface area (Å²) >= 11 is 0. The number of unbranched alkanes of at least 4 members (excludes halogenated alkanes) is 2. The maximum atomic E-state index is 6.31. The second-order valence-corrected chi connectivity index (χ2v) is 16.8. The Bertz CT molecular complexity index is 547. The van der Waals surface area contributed by atoms with Crippen LogP contribution in [0.5, 0.6) is 0 Å². The van der Waals surface area contributed by atoms with Crippen molar-refractivity contribution in [3.8, 4) is 0 Å². The van der Waals surface area contributed by atoms with Gasteiger partial charge < -0.3 is 4.74 Å². The van der Waals surface area contributed by atoms with Crippen LogP contribution in [-0.4, -0.2) is 30.1 Å². The Kier molecular flexibility index (Phi) is 7.99. The molecule has 0 spiro atoms. The summed E-state index contributed by atoms with van der Waals surface area (Å²) in [4.78, 5) is 1.93. The first-order valence-electron chi connectivity index (χ1n) is 11.8. The third kappa shape index (κ3) is 5.17. The Hall–Kier alpha value is -0.370. The van der Waals surface area contributed by atoms with Crippen LogP contribution in [0.15, 0.2) is 22.3 Å². The van der Waals surface area contributed by atoms with Gasteiger partial charge in [0.05, 0.1) is 12.4 Å². The molecule has 2 unspecified atom stereocenters. The second kappa shape index (κ2) is 9.42. The summed E-state index contributed by atoms with van der Waals surface area (Å²) in [5.74, 6) is 7.62. The van der Waals surface area contributed by atoms with Gasteiger partial charge in [-0.1, -0.05) is 66.4 Å². The van der Waals surface area contributed by atoms with Crippen LogP contribution in [0.25, 0.3) is 0 Å². The average molecular weight is 397 g/mol. The largest absolute Gasteiger partial charge is 0.498 e. The summed E-state index contributed by atoms with van der Waals surface area (Å²) in [5, 5.41) is 0. The lowest BCUT2D eigenvalue weighted by Crippen LogP contribution is -2.28. The van der Waals surface area contributed by atoms with Gasteiger partial charge in [0, 0.05) is 11.8 Å². The highest BCUT2D eigenvalue weighted by Crippen LogP contribution is 2.83. The van der Waals surface area contributed by atoms with Crippen molar-refractivity contribution in [2.75, 3.05) is 30.1 Å². The Morgan fingerprint density at radius 3 is 2.30 bits per heavy atom. The monoisotopic (exact) mass is 396 g/mol. The molecule has 2 aliphatic heterocycles. The van der Waals surface area contributed by atoms with E-state index in [1.165, 1.54) is 68.0 Å². The van der Waals surface area contributed by atoms with Gasteiger partial charge in [0.15, 0.2) is 0 Å². The molecule has 27 heavy (non-hydrogen) atoms. The summed E-state index contributed by atoms with van der Waals surface area (Å²) < 4.78 is 6.31. The van der Waals surface area contributed by atoms with E-state index in [1.807, 2.05) is 10.5 Å². The molecular formula is C25H48OS. The van der Waals surface area contributed by atoms with E-state index in [0.717, 1.165) is 12.5 Å². The van der Waals surface area contributed by atoms with E-state index in [2.05, 4.69) is 53.9 Å². The number of rotatable bonds is 12. The first kappa shape index (κ1) is 22.9. The van der Waals surface area contributed by atoms with E-state index >= 15 is 0 Å². The summed E-state index contributed by atoms with van der Waals surface area (Å²) in [6, 6.07) is 0. The van der Waals surface area contributed by atoms with Gasteiger partial charge in [-0.25, -0.2) is 0 Å². The predicted molar refractivity (Wildman–Crippen MR) is 127 cm³/mol. The van der Waals surface area contributed by atoms with Crippen LogP contribution >= 0.6 is 9.16 Å². The molecular weight excluding hydrogens is 348 g/mol. The van der Waals surface area contributed by atoms with Crippen molar-refractivity contribution in [3.05, 3.63) is 22.3 Å². The van der Waals surface area contributed by atoms with Crippen molar-refractivity contribution in [1.82, 2.24) is 0 Å². The van der Waals surface area contributed by atoms with Crippen molar-refractivity contribution in [2.24, 2.45) is 17.8 Å². The normalized spacial score (nSPS) is 24.7. The van der Waals surface area contributed by atoms with Crippen LogP contribution in [0.4, 0.5) is 0 Å². The van der Waals surface area contributed by atoms with Crippen molar-refractivity contribution in [2.45, 2.75) is 86.5 Å². The molecule has 0 radical (unpaired) electrons. The van der Waals surface area contributed by atoms with E-state index in [4.69, 9.17) is 4.74 Å². The van der Waals surface area contributed by atoms with Crippen molar-refractivity contribution < 1.29 is 4.74 Å². The maximum absolute atomic E-state index is 6.31. The second-order valence-electron chi connectivity index (χ2n) is 10.3. The third-order valence-electron chi connectivity index (χ3n) is 7.65. The predicted octanol–water partition coefficient (Wildman–Crippen LogP) is 7.57. The molecule has 0 aliphatic carbocycles. The van der Waals surface area contributed by atoms with E-state index in [1.54, 1.807) is 0 Å². The molecule has 2 bridgehead atoms. The summed E-state index contributed by atoms with van der Waals surface area (Å²) in [6.07, 6.45) is 14.7. The van der Waals surface area contributed by atoms with Crippen LogP contribution in [0.1, 0.15) is 86.5 Å². The molecule has 0 aromatic rings. The highest BCUT2D eigenvalue weighted by molar-refractivity contribution is 8.52. The van der Waals surface area contributed by atoms with Crippen LogP contribution < -0.4 is 0 Å². The fourth-order valence-corrected chi connectivity index (χ4v) is 12.5. The quantitative estimate of drug-likeness (QED) is 0.203. The first-order valence-corrected chi connectivity index (χ1v) is 15.0. The number of ether oxygens (including phenoxy) is 1. The van der Waals surface area contributed by atoms with Gasteiger partial charge in [0.1, 0.15) is 0 Å². The minimum atomic E-state index is -1.63. The summed E-state index contributed by atoms with van der Waals surface area (Å²) in [7, 11) is -1.63. The average Bonchev–Trinajstić information content (AvgIpc) is 3.09. The van der Waals surface area contributed by atoms with Crippen molar-refractivity contribution >= 4 is 9.16 Å². The maximum Gasteiger partial charge on any atom is 0.0951 e. The molecule has 0 fully saturated rings. The smallest absolute Gasteiger partial charge is 0.0951 e. The Morgan fingerprint density at radius 2 is 1.74 bits per heavy atom. The Morgan fingerprint density at radius 1 is 1.07 bits per heavy atom. The minimum Gasteiger partial charge on any atom is -0.498 e. The van der Waals surface area contributed by atoms with Crippen LogP contribution in [-0.2, 0) is 4.74 Å². The molecule has 160 valence electrons. The third-order valence-corrected chi connectivity index (χ3v) is 14.5. The van der Waals surface area contributed by atoms with Crippen LogP contribution in [0.2, 0.25) is 0 Å². The molecule has 2 rings (SSSR count). The Balaban J connectivity index is 2.14. The van der Waals surface area contributed by atoms with Gasteiger partial charge >= 0.3 is 0 Å². The molecule has 2 heteroatoms. The zero-order chi connectivity index (χ0) is 20.1. The SMILES string of the molecule is CCCCC[SH]12(C)CCC(=C1C(C)C=C(OCCC(C)CC)C(C)C)CC2. The fourth-order valence-electron chi connectivity index (χ4n) is 5.59. The van der Waals surface area contributed by atoms with E-state index in [-0.39, 0.29) is 0 Å². The zero-order valence-electron chi connectivity index (χ0n) is 19.4. The van der Waals surface area contributed by atoms with E-state index in [9.17, 15) is 0 Å². The lowest BCUT2D eigenvalue weighted by molar-refractivity contribution is 0.166. The summed E-state index contributed by atoms with van der Waals surface area (Å²) in [5.41, 5.74) is 1.85. The molecule has 2 aliphatic rings. The number of thiol groups is 1. The number of hydrogen-bond acceptors (Lipinski definition) is 1. The molecule has 0 saturated heterocycles. The number of hydrogen-bond donors (Lipinski definition) is 1. The summed E-state index contributed by atoms with van der Waals surface area (Å²) in [6.45, 7) is 14.9. The lowest BCUT2D eigenvalue weighted by Gasteiger charge is -2.58. The molecule has 2 atom stereocenters. The highest BCUT2D eigenvalue weighted by atomic mass is 32.3. The van der Waals surface area contributed by atoms with Gasteiger partial charge in [-0.3, -0.25) is 9.16 Å². The molecule has 0 aromatic heterocycles. The van der Waals surface area contributed by atoms with Crippen molar-refractivity contribution in [1.29, 1.82) is 0 Å². The molecule has 0 saturated carbocycles. The zero-order valence-corrected chi connectivity index (χ0v) is 20.3. The highest BCUT2D eigenvalue weighted by Gasteiger charge is 2.50. The van der Waals surface area contributed by atoms with Crippen LogP contribution in [0.3, 0.4) is 0 Å².